The number of carbonyl (C=O) groups excluding carboxylic acids is 1. The first-order chi connectivity index (χ1) is 12.0. The fourth-order valence-corrected chi connectivity index (χ4v) is 3.25. The zero-order chi connectivity index (χ0) is 17.8. The number of nitrogens with one attached hydrogen (secondary N) is 2. The number of hydrogen-bond acceptors (Lipinski definition) is 5. The van der Waals surface area contributed by atoms with Crippen molar-refractivity contribution < 1.29 is 4.79 Å². The highest BCUT2D eigenvalue weighted by Crippen LogP contribution is 2.31. The van der Waals surface area contributed by atoms with Crippen LogP contribution in [0.15, 0.2) is 47.9 Å². The van der Waals surface area contributed by atoms with E-state index in [1.807, 2.05) is 12.1 Å². The monoisotopic (exact) mass is 393 g/mol. The molecule has 0 aliphatic heterocycles. The van der Waals surface area contributed by atoms with Gasteiger partial charge in [0.2, 0.25) is 0 Å². The van der Waals surface area contributed by atoms with Crippen molar-refractivity contribution >= 4 is 52.2 Å². The number of H-pyrrole nitrogens is 1. The third-order valence-corrected chi connectivity index (χ3v) is 4.89. The van der Waals surface area contributed by atoms with Crippen molar-refractivity contribution in [2.45, 2.75) is 10.9 Å². The minimum atomic E-state index is -0.258. The molecule has 3 aromatic rings. The summed E-state index contributed by atoms with van der Waals surface area (Å²) in [6.45, 7) is 0. The molecule has 0 atom stereocenters. The van der Waals surface area contributed by atoms with Crippen LogP contribution >= 0.6 is 35.0 Å². The highest BCUT2D eigenvalue weighted by molar-refractivity contribution is 7.98. The fourth-order valence-electron chi connectivity index (χ4n) is 2.03. The van der Waals surface area contributed by atoms with Gasteiger partial charge in [0.05, 0.1) is 15.7 Å². The van der Waals surface area contributed by atoms with E-state index in [1.165, 1.54) is 18.1 Å². The number of hydrogen-bond donors (Lipinski definition) is 3. The van der Waals surface area contributed by atoms with Gasteiger partial charge in [-0.15, -0.1) is 0 Å². The van der Waals surface area contributed by atoms with Gasteiger partial charge >= 0.3 is 0 Å². The molecule has 4 N–H and O–H groups in total. The first-order valence-electron chi connectivity index (χ1n) is 7.16. The van der Waals surface area contributed by atoms with Crippen LogP contribution in [0, 0.1) is 0 Å². The molecule has 0 bridgehead atoms. The topological polar surface area (TPSA) is 96.7 Å². The molecule has 3 rings (SSSR count). The number of amides is 1. The minimum absolute atomic E-state index is 0.258. The molecule has 0 aliphatic carbocycles. The Morgan fingerprint density at radius 2 is 1.88 bits per heavy atom. The molecule has 0 saturated carbocycles. The lowest BCUT2D eigenvalue weighted by atomic mass is 10.1. The number of aromatic amines is 1. The van der Waals surface area contributed by atoms with Gasteiger partial charge in [0.15, 0.2) is 5.16 Å². The van der Waals surface area contributed by atoms with Gasteiger partial charge in [-0.25, -0.2) is 4.98 Å². The fraction of sp³-hybridized carbons (Fsp3) is 0.0625. The van der Waals surface area contributed by atoms with Gasteiger partial charge < -0.3 is 11.1 Å². The second-order valence-electron chi connectivity index (χ2n) is 5.08. The molecule has 0 unspecified atom stereocenters. The molecule has 0 saturated heterocycles. The lowest BCUT2D eigenvalue weighted by molar-refractivity contribution is 0.102. The summed E-state index contributed by atoms with van der Waals surface area (Å²) in [5.41, 5.74) is 8.05. The van der Waals surface area contributed by atoms with Crippen LogP contribution in [0.1, 0.15) is 15.9 Å². The first-order valence-corrected chi connectivity index (χ1v) is 8.90. The summed E-state index contributed by atoms with van der Waals surface area (Å²) in [5, 5.41) is 10.7. The lowest BCUT2D eigenvalue weighted by Gasteiger charge is -2.09. The zero-order valence-electron chi connectivity index (χ0n) is 12.8. The number of nitrogens with zero attached hydrogens (tertiary/aromatic N) is 2. The van der Waals surface area contributed by atoms with Crippen molar-refractivity contribution in [1.29, 1.82) is 0 Å². The Labute approximate surface area is 158 Å². The predicted octanol–water partition coefficient (Wildman–Crippen LogP) is 4.24. The summed E-state index contributed by atoms with van der Waals surface area (Å²) in [4.78, 5) is 16.4. The third kappa shape index (κ3) is 4.45. The molecule has 1 aromatic heterocycles. The molecule has 0 spiro atoms. The number of rotatable bonds is 5. The Kier molecular flexibility index (Phi) is 5.47. The van der Waals surface area contributed by atoms with Gasteiger partial charge in [0.1, 0.15) is 6.33 Å². The number of aromatic nitrogens is 3. The molecule has 6 nitrogen and oxygen atoms in total. The van der Waals surface area contributed by atoms with E-state index in [-0.39, 0.29) is 11.6 Å². The Morgan fingerprint density at radius 3 is 2.48 bits per heavy atom. The summed E-state index contributed by atoms with van der Waals surface area (Å²) in [7, 11) is 0. The zero-order valence-corrected chi connectivity index (χ0v) is 15.1. The van der Waals surface area contributed by atoms with E-state index in [4.69, 9.17) is 28.9 Å². The summed E-state index contributed by atoms with van der Waals surface area (Å²) < 4.78 is 0. The number of halogens is 2. The Balaban J connectivity index is 1.64. The average Bonchev–Trinajstić information content (AvgIpc) is 3.12. The van der Waals surface area contributed by atoms with E-state index >= 15 is 0 Å². The Hall–Kier alpha value is -2.22. The molecule has 25 heavy (non-hydrogen) atoms. The van der Waals surface area contributed by atoms with E-state index in [9.17, 15) is 4.79 Å². The van der Waals surface area contributed by atoms with Gasteiger partial charge in [-0.1, -0.05) is 47.1 Å². The normalized spacial score (nSPS) is 10.6. The van der Waals surface area contributed by atoms with Crippen molar-refractivity contribution in [2.75, 3.05) is 11.1 Å². The van der Waals surface area contributed by atoms with Crippen molar-refractivity contribution in [3.8, 4) is 0 Å². The van der Waals surface area contributed by atoms with Gasteiger partial charge in [-0.3, -0.25) is 9.89 Å². The second-order valence-corrected chi connectivity index (χ2v) is 6.86. The first kappa shape index (κ1) is 17.6. The predicted molar refractivity (Wildman–Crippen MR) is 101 cm³/mol. The molecule has 2 aromatic carbocycles. The quantitative estimate of drug-likeness (QED) is 0.444. The molecule has 0 fully saturated rings. The van der Waals surface area contributed by atoms with Crippen molar-refractivity contribution in [2.24, 2.45) is 0 Å². The van der Waals surface area contributed by atoms with E-state index in [1.54, 1.807) is 24.3 Å². The van der Waals surface area contributed by atoms with Crippen LogP contribution in [0.25, 0.3) is 0 Å². The number of nitrogen functional groups attached to an aromatic ring is 1. The summed E-state index contributed by atoms with van der Waals surface area (Å²) in [5.74, 6) is 0.464. The molecule has 9 heteroatoms. The minimum Gasteiger partial charge on any atom is -0.396 e. The number of carbonyl (C=O) groups is 1. The third-order valence-electron chi connectivity index (χ3n) is 3.32. The van der Waals surface area contributed by atoms with E-state index in [0.717, 1.165) is 16.5 Å². The largest absolute Gasteiger partial charge is 0.396 e. The van der Waals surface area contributed by atoms with Crippen molar-refractivity contribution in [3.63, 3.8) is 0 Å². The van der Waals surface area contributed by atoms with Crippen molar-refractivity contribution in [3.05, 3.63) is 63.9 Å². The van der Waals surface area contributed by atoms with Crippen LogP contribution in [0.5, 0.6) is 0 Å². The number of benzene rings is 2. The highest BCUT2D eigenvalue weighted by atomic mass is 35.5. The van der Waals surface area contributed by atoms with Crippen LogP contribution in [-0.4, -0.2) is 21.1 Å². The van der Waals surface area contributed by atoms with Crippen LogP contribution < -0.4 is 11.1 Å². The van der Waals surface area contributed by atoms with E-state index < -0.39 is 0 Å². The van der Waals surface area contributed by atoms with Gasteiger partial charge in [-0.05, 0) is 29.8 Å². The molecule has 1 amide bonds. The lowest BCUT2D eigenvalue weighted by Crippen LogP contribution is -2.12. The van der Waals surface area contributed by atoms with Gasteiger partial charge in [0.25, 0.3) is 5.91 Å². The molecular formula is C16H13Cl2N5OS. The number of anilines is 2. The molecule has 0 aliphatic rings. The summed E-state index contributed by atoms with van der Waals surface area (Å²) >= 11 is 13.5. The molecule has 1 heterocycles. The maximum atomic E-state index is 12.3. The summed E-state index contributed by atoms with van der Waals surface area (Å²) in [6.07, 6.45) is 1.46. The van der Waals surface area contributed by atoms with E-state index in [0.29, 0.717) is 21.3 Å². The standard InChI is InChI=1S/C16H13Cl2N5OS/c17-12-5-11(6-13(18)14(12)19)22-15(24)10-3-1-9(2-4-10)7-25-16-20-8-21-23-16/h1-6,8H,7,19H2,(H,22,24)(H,20,21,23). The Bertz CT molecular complexity index is 861. The maximum Gasteiger partial charge on any atom is 0.255 e. The van der Waals surface area contributed by atoms with Crippen LogP contribution in [0.2, 0.25) is 10.0 Å². The van der Waals surface area contributed by atoms with Crippen LogP contribution in [-0.2, 0) is 5.75 Å². The van der Waals surface area contributed by atoms with E-state index in [2.05, 4.69) is 20.5 Å². The van der Waals surface area contributed by atoms with Gasteiger partial charge in [-0.2, -0.15) is 5.10 Å². The van der Waals surface area contributed by atoms with Crippen molar-refractivity contribution in [1.82, 2.24) is 15.2 Å². The van der Waals surface area contributed by atoms with Crippen LogP contribution in [0.3, 0.4) is 0 Å². The maximum absolute atomic E-state index is 12.3. The molecular weight excluding hydrogens is 381 g/mol. The average molecular weight is 394 g/mol. The molecule has 0 radical (unpaired) electrons. The second kappa shape index (κ2) is 7.77. The number of thioether (sulfide) groups is 1. The molecule has 128 valence electrons. The number of nitrogens with two attached hydrogens (primary N) is 1. The van der Waals surface area contributed by atoms with Crippen LogP contribution in [0.4, 0.5) is 11.4 Å². The Morgan fingerprint density at radius 1 is 1.20 bits per heavy atom. The SMILES string of the molecule is Nc1c(Cl)cc(NC(=O)c2ccc(CSc3ncn[nH]3)cc2)cc1Cl. The summed E-state index contributed by atoms with van der Waals surface area (Å²) in [6, 6.07) is 10.4. The highest BCUT2D eigenvalue weighted by Gasteiger charge is 2.10. The smallest absolute Gasteiger partial charge is 0.255 e. The van der Waals surface area contributed by atoms with Gasteiger partial charge in [0, 0.05) is 17.0 Å².